The van der Waals surface area contributed by atoms with Gasteiger partial charge in [-0.25, -0.2) is 0 Å². The molecule has 1 unspecified atom stereocenters. The van der Waals surface area contributed by atoms with E-state index in [2.05, 4.69) is 11.4 Å². The van der Waals surface area contributed by atoms with E-state index in [1.54, 1.807) is 4.90 Å². The fourth-order valence-corrected chi connectivity index (χ4v) is 3.81. The Balaban J connectivity index is 1.60. The molecule has 1 heterocycles. The third-order valence-corrected chi connectivity index (χ3v) is 5.42. The number of rotatable bonds is 4. The van der Waals surface area contributed by atoms with Crippen molar-refractivity contribution >= 4 is 11.8 Å². The zero-order valence-electron chi connectivity index (χ0n) is 15.2. The Hall–Kier alpha value is -1.88. The van der Waals surface area contributed by atoms with E-state index in [9.17, 15) is 14.7 Å². The lowest BCUT2D eigenvalue weighted by Crippen LogP contribution is -2.51. The maximum atomic E-state index is 12.8. The maximum absolute atomic E-state index is 12.8. The molecule has 1 aliphatic carbocycles. The van der Waals surface area contributed by atoms with Gasteiger partial charge in [0, 0.05) is 25.2 Å². The maximum Gasteiger partial charge on any atom is 0.253 e. The number of nitrogens with zero attached hydrogens (tertiary/aromatic N) is 1. The average Bonchev–Trinajstić information content (AvgIpc) is 2.56. The van der Waals surface area contributed by atoms with Crippen molar-refractivity contribution < 1.29 is 14.7 Å². The van der Waals surface area contributed by atoms with Gasteiger partial charge in [0.05, 0.1) is 11.5 Å². The van der Waals surface area contributed by atoms with Crippen molar-refractivity contribution in [3.8, 4) is 0 Å². The molecule has 1 atom stereocenters. The lowest BCUT2D eigenvalue weighted by molar-refractivity contribution is -0.128. The summed E-state index contributed by atoms with van der Waals surface area (Å²) in [5, 5.41) is 13.0. The van der Waals surface area contributed by atoms with Crippen LogP contribution in [-0.2, 0) is 4.79 Å². The molecule has 2 amide bonds. The molecule has 0 spiro atoms. The number of carbonyl (C=O) groups excluding carboxylic acids is 2. The molecule has 2 N–H and O–H groups in total. The molecular formula is C20H28N2O3. The fourth-order valence-electron chi connectivity index (χ4n) is 3.81. The highest BCUT2D eigenvalue weighted by molar-refractivity contribution is 5.95. The summed E-state index contributed by atoms with van der Waals surface area (Å²) in [6.45, 7) is 5.45. The van der Waals surface area contributed by atoms with Crippen LogP contribution in [0.25, 0.3) is 0 Å². The van der Waals surface area contributed by atoms with Gasteiger partial charge in [-0.3, -0.25) is 9.59 Å². The normalized spacial score (nSPS) is 22.2. The Bertz CT molecular complexity index is 647. The van der Waals surface area contributed by atoms with Gasteiger partial charge in [-0.2, -0.15) is 0 Å². The highest BCUT2D eigenvalue weighted by Crippen LogP contribution is 2.30. The molecule has 25 heavy (non-hydrogen) atoms. The fraction of sp³-hybridized carbons (Fsp3) is 0.600. The van der Waals surface area contributed by atoms with Gasteiger partial charge in [0.2, 0.25) is 5.91 Å². The Morgan fingerprint density at radius 3 is 2.48 bits per heavy atom. The highest BCUT2D eigenvalue weighted by atomic mass is 16.3. The number of hydrogen-bond acceptors (Lipinski definition) is 3. The summed E-state index contributed by atoms with van der Waals surface area (Å²) in [5.74, 6) is -0.229. The van der Waals surface area contributed by atoms with Crippen LogP contribution in [0.3, 0.4) is 0 Å². The molecule has 1 aromatic rings. The van der Waals surface area contributed by atoms with Gasteiger partial charge in [-0.05, 0) is 58.1 Å². The minimum absolute atomic E-state index is 0.00178. The number of likely N-dealkylation sites (tertiary alicyclic amines) is 1. The minimum Gasteiger partial charge on any atom is -0.388 e. The summed E-state index contributed by atoms with van der Waals surface area (Å²) in [6.07, 6.45) is 4.16. The first-order valence-corrected chi connectivity index (χ1v) is 9.24. The van der Waals surface area contributed by atoms with Crippen molar-refractivity contribution in [1.29, 1.82) is 0 Å². The van der Waals surface area contributed by atoms with Gasteiger partial charge >= 0.3 is 0 Å². The molecule has 0 aromatic heterocycles. The van der Waals surface area contributed by atoms with Gasteiger partial charge in [0.15, 0.2) is 0 Å². The number of aliphatic hydroxyl groups is 1. The zero-order valence-corrected chi connectivity index (χ0v) is 15.2. The summed E-state index contributed by atoms with van der Waals surface area (Å²) in [5.41, 5.74) is 2.13. The van der Waals surface area contributed by atoms with E-state index in [0.29, 0.717) is 25.2 Å². The van der Waals surface area contributed by atoms with Crippen LogP contribution < -0.4 is 5.32 Å². The third kappa shape index (κ3) is 4.21. The zero-order chi connectivity index (χ0) is 18.0. The molecule has 5 heteroatoms. The van der Waals surface area contributed by atoms with Crippen LogP contribution in [0.15, 0.2) is 18.2 Å². The van der Waals surface area contributed by atoms with E-state index in [1.165, 1.54) is 0 Å². The van der Waals surface area contributed by atoms with Crippen molar-refractivity contribution in [2.45, 2.75) is 51.6 Å². The van der Waals surface area contributed by atoms with Crippen molar-refractivity contribution in [3.63, 3.8) is 0 Å². The van der Waals surface area contributed by atoms with Crippen LogP contribution in [-0.4, -0.2) is 47.1 Å². The Labute approximate surface area is 149 Å². The van der Waals surface area contributed by atoms with Crippen molar-refractivity contribution in [1.82, 2.24) is 10.2 Å². The number of amides is 2. The quantitative estimate of drug-likeness (QED) is 0.880. The number of hydrogen-bond donors (Lipinski definition) is 2. The Morgan fingerprint density at radius 2 is 1.88 bits per heavy atom. The first-order valence-electron chi connectivity index (χ1n) is 9.24. The predicted molar refractivity (Wildman–Crippen MR) is 96.4 cm³/mol. The van der Waals surface area contributed by atoms with Gasteiger partial charge in [-0.1, -0.05) is 17.2 Å². The summed E-state index contributed by atoms with van der Waals surface area (Å²) < 4.78 is 0. The van der Waals surface area contributed by atoms with E-state index >= 15 is 0 Å². The van der Waals surface area contributed by atoms with Crippen LogP contribution in [0, 0.1) is 19.8 Å². The van der Waals surface area contributed by atoms with Gasteiger partial charge < -0.3 is 15.3 Å². The molecule has 1 saturated heterocycles. The number of aryl methyl sites for hydroxylation is 2. The van der Waals surface area contributed by atoms with E-state index in [-0.39, 0.29) is 17.7 Å². The topological polar surface area (TPSA) is 69.6 Å². The summed E-state index contributed by atoms with van der Waals surface area (Å²) >= 11 is 0. The Kier molecular flexibility index (Phi) is 5.13. The van der Waals surface area contributed by atoms with E-state index < -0.39 is 5.60 Å². The first-order chi connectivity index (χ1) is 11.9. The van der Waals surface area contributed by atoms with Crippen LogP contribution in [0.5, 0.6) is 0 Å². The minimum atomic E-state index is -0.709. The van der Waals surface area contributed by atoms with Crippen LogP contribution in [0.1, 0.15) is 53.6 Å². The SMILES string of the molecule is Cc1cc(C)cc(C(=O)N2CCCC(C(=O)NCC3(O)CCC3)C2)c1. The standard InChI is InChI=1S/C20H28N2O3/c1-14-9-15(2)11-17(10-14)19(24)22-8-3-5-16(12-22)18(23)21-13-20(25)6-4-7-20/h9-11,16,25H,3-8,12-13H2,1-2H3,(H,21,23). The summed E-state index contributed by atoms with van der Waals surface area (Å²) in [7, 11) is 0. The van der Waals surface area contributed by atoms with Crippen LogP contribution in [0.4, 0.5) is 0 Å². The Morgan fingerprint density at radius 1 is 1.20 bits per heavy atom. The third-order valence-electron chi connectivity index (χ3n) is 5.42. The largest absolute Gasteiger partial charge is 0.388 e. The monoisotopic (exact) mass is 344 g/mol. The molecule has 2 aliphatic rings. The molecule has 1 aromatic carbocycles. The first kappa shape index (κ1) is 17.9. The van der Waals surface area contributed by atoms with Crippen LogP contribution in [0.2, 0.25) is 0 Å². The molecule has 3 rings (SSSR count). The van der Waals surface area contributed by atoms with Gasteiger partial charge in [0.25, 0.3) is 5.91 Å². The van der Waals surface area contributed by atoms with Crippen LogP contribution >= 0.6 is 0 Å². The molecular weight excluding hydrogens is 316 g/mol. The highest BCUT2D eigenvalue weighted by Gasteiger charge is 2.36. The molecule has 1 aliphatic heterocycles. The molecule has 0 radical (unpaired) electrons. The molecule has 1 saturated carbocycles. The molecule has 5 nitrogen and oxygen atoms in total. The lowest BCUT2D eigenvalue weighted by Gasteiger charge is -2.37. The second-order valence-electron chi connectivity index (χ2n) is 7.76. The average molecular weight is 344 g/mol. The molecule has 136 valence electrons. The van der Waals surface area contributed by atoms with Gasteiger partial charge in [-0.15, -0.1) is 0 Å². The predicted octanol–water partition coefficient (Wildman–Crippen LogP) is 2.19. The number of benzene rings is 1. The molecule has 2 fully saturated rings. The van der Waals surface area contributed by atoms with E-state index in [1.807, 2.05) is 26.0 Å². The number of carbonyl (C=O) groups is 2. The van der Waals surface area contributed by atoms with Crippen molar-refractivity contribution in [2.24, 2.45) is 5.92 Å². The van der Waals surface area contributed by atoms with E-state index in [0.717, 1.165) is 43.2 Å². The summed E-state index contributed by atoms with van der Waals surface area (Å²) in [6, 6.07) is 5.87. The smallest absolute Gasteiger partial charge is 0.253 e. The summed E-state index contributed by atoms with van der Waals surface area (Å²) in [4.78, 5) is 27.0. The van der Waals surface area contributed by atoms with Crippen molar-refractivity contribution in [2.75, 3.05) is 19.6 Å². The number of piperidine rings is 1. The van der Waals surface area contributed by atoms with Gasteiger partial charge in [0.1, 0.15) is 0 Å². The van der Waals surface area contributed by atoms with E-state index in [4.69, 9.17) is 0 Å². The van der Waals surface area contributed by atoms with Crippen molar-refractivity contribution in [3.05, 3.63) is 34.9 Å². The second-order valence-corrected chi connectivity index (χ2v) is 7.76. The molecule has 0 bridgehead atoms. The second kappa shape index (κ2) is 7.16. The lowest BCUT2D eigenvalue weighted by atomic mass is 9.80. The number of nitrogens with one attached hydrogen (secondary N) is 1.